The first-order chi connectivity index (χ1) is 11.6. The van der Waals surface area contributed by atoms with E-state index in [9.17, 15) is 9.59 Å². The molecule has 24 heavy (non-hydrogen) atoms. The SMILES string of the molecule is COc1cccc(NC(=O)COC(=O)COc2cccc(Br)c2)c1. The molecule has 126 valence electrons. The molecular formula is C17H16BrNO5. The zero-order valence-corrected chi connectivity index (χ0v) is 14.5. The monoisotopic (exact) mass is 393 g/mol. The van der Waals surface area contributed by atoms with Crippen LogP contribution in [0.25, 0.3) is 0 Å². The first-order valence-corrected chi connectivity index (χ1v) is 7.84. The Labute approximate surface area is 147 Å². The Balaban J connectivity index is 1.73. The van der Waals surface area contributed by atoms with E-state index in [1.807, 2.05) is 6.07 Å². The molecular weight excluding hydrogens is 378 g/mol. The average Bonchev–Trinajstić information content (AvgIpc) is 2.58. The summed E-state index contributed by atoms with van der Waals surface area (Å²) in [5, 5.41) is 2.61. The van der Waals surface area contributed by atoms with E-state index in [1.165, 1.54) is 7.11 Å². The van der Waals surface area contributed by atoms with Gasteiger partial charge in [-0.1, -0.05) is 28.1 Å². The molecule has 0 aliphatic rings. The minimum Gasteiger partial charge on any atom is -0.497 e. The number of hydrogen-bond acceptors (Lipinski definition) is 5. The Kier molecular flexibility index (Phi) is 6.62. The molecule has 2 aromatic rings. The van der Waals surface area contributed by atoms with Crippen LogP contribution in [0.2, 0.25) is 0 Å². The Morgan fingerprint density at radius 1 is 1.04 bits per heavy atom. The fraction of sp³-hybridized carbons (Fsp3) is 0.176. The molecule has 0 heterocycles. The van der Waals surface area contributed by atoms with Gasteiger partial charge in [0.05, 0.1) is 7.11 Å². The maximum absolute atomic E-state index is 11.8. The summed E-state index contributed by atoms with van der Waals surface area (Å²) in [6.07, 6.45) is 0. The molecule has 7 heteroatoms. The Morgan fingerprint density at radius 3 is 2.54 bits per heavy atom. The van der Waals surface area contributed by atoms with Gasteiger partial charge in [0.1, 0.15) is 11.5 Å². The molecule has 0 saturated heterocycles. The number of rotatable bonds is 7. The van der Waals surface area contributed by atoms with Crippen molar-refractivity contribution < 1.29 is 23.8 Å². The lowest BCUT2D eigenvalue weighted by molar-refractivity contribution is -0.149. The van der Waals surface area contributed by atoms with E-state index in [0.29, 0.717) is 17.2 Å². The molecule has 2 rings (SSSR count). The summed E-state index contributed by atoms with van der Waals surface area (Å²) in [5.41, 5.74) is 0.556. The summed E-state index contributed by atoms with van der Waals surface area (Å²) in [7, 11) is 1.54. The number of amides is 1. The van der Waals surface area contributed by atoms with Crippen molar-refractivity contribution in [2.75, 3.05) is 25.6 Å². The number of carbonyl (C=O) groups is 2. The van der Waals surface area contributed by atoms with Crippen LogP contribution in [-0.4, -0.2) is 32.2 Å². The van der Waals surface area contributed by atoms with Crippen molar-refractivity contribution in [2.45, 2.75) is 0 Å². The zero-order valence-electron chi connectivity index (χ0n) is 13.0. The predicted octanol–water partition coefficient (Wildman–Crippen LogP) is 3.02. The first-order valence-electron chi connectivity index (χ1n) is 7.05. The van der Waals surface area contributed by atoms with Crippen molar-refractivity contribution in [3.63, 3.8) is 0 Å². The first kappa shape index (κ1) is 17.8. The molecule has 0 bridgehead atoms. The number of carbonyl (C=O) groups excluding carboxylic acids is 2. The quantitative estimate of drug-likeness (QED) is 0.731. The van der Waals surface area contributed by atoms with Gasteiger partial charge >= 0.3 is 5.97 Å². The van der Waals surface area contributed by atoms with Crippen LogP contribution in [0.3, 0.4) is 0 Å². The number of ether oxygens (including phenoxy) is 3. The van der Waals surface area contributed by atoms with E-state index < -0.39 is 18.5 Å². The van der Waals surface area contributed by atoms with Gasteiger partial charge in [-0.3, -0.25) is 4.79 Å². The summed E-state index contributed by atoms with van der Waals surface area (Å²) >= 11 is 3.30. The summed E-state index contributed by atoms with van der Waals surface area (Å²) in [5.74, 6) is 0.0733. The van der Waals surface area contributed by atoms with Crippen LogP contribution >= 0.6 is 15.9 Å². The van der Waals surface area contributed by atoms with Gasteiger partial charge in [0, 0.05) is 16.2 Å². The van der Waals surface area contributed by atoms with Gasteiger partial charge in [0.25, 0.3) is 5.91 Å². The number of methoxy groups -OCH3 is 1. The van der Waals surface area contributed by atoms with Gasteiger partial charge in [-0.25, -0.2) is 4.79 Å². The van der Waals surface area contributed by atoms with Gasteiger partial charge in [-0.05, 0) is 30.3 Å². The van der Waals surface area contributed by atoms with E-state index in [-0.39, 0.29) is 6.61 Å². The number of esters is 1. The van der Waals surface area contributed by atoms with Gasteiger partial charge in [0.2, 0.25) is 0 Å². The van der Waals surface area contributed by atoms with Crippen molar-refractivity contribution >= 4 is 33.5 Å². The highest BCUT2D eigenvalue weighted by Gasteiger charge is 2.09. The van der Waals surface area contributed by atoms with Crippen molar-refractivity contribution in [2.24, 2.45) is 0 Å². The lowest BCUT2D eigenvalue weighted by Gasteiger charge is -2.09. The third-order valence-electron chi connectivity index (χ3n) is 2.87. The number of anilines is 1. The maximum atomic E-state index is 11.8. The van der Waals surface area contributed by atoms with Gasteiger partial charge < -0.3 is 19.5 Å². The fourth-order valence-corrected chi connectivity index (χ4v) is 2.16. The molecule has 0 spiro atoms. The van der Waals surface area contributed by atoms with Crippen molar-refractivity contribution in [3.8, 4) is 11.5 Å². The van der Waals surface area contributed by atoms with Crippen LogP contribution in [0.1, 0.15) is 0 Å². The summed E-state index contributed by atoms with van der Waals surface area (Å²) in [6, 6.07) is 13.9. The van der Waals surface area contributed by atoms with Crippen LogP contribution in [-0.2, 0) is 14.3 Å². The molecule has 1 N–H and O–H groups in total. The van der Waals surface area contributed by atoms with Gasteiger partial charge in [0.15, 0.2) is 13.2 Å². The highest BCUT2D eigenvalue weighted by Crippen LogP contribution is 2.18. The minimum absolute atomic E-state index is 0.275. The third-order valence-corrected chi connectivity index (χ3v) is 3.36. The Hall–Kier alpha value is -2.54. The minimum atomic E-state index is -0.629. The maximum Gasteiger partial charge on any atom is 0.344 e. The predicted molar refractivity (Wildman–Crippen MR) is 92.2 cm³/mol. The van der Waals surface area contributed by atoms with E-state index >= 15 is 0 Å². The molecule has 0 aromatic heterocycles. The normalized spacial score (nSPS) is 9.92. The van der Waals surface area contributed by atoms with Crippen LogP contribution in [0.5, 0.6) is 11.5 Å². The summed E-state index contributed by atoms with van der Waals surface area (Å²) in [6.45, 7) is -0.666. The van der Waals surface area contributed by atoms with Gasteiger partial charge in [-0.2, -0.15) is 0 Å². The molecule has 0 unspecified atom stereocenters. The van der Waals surface area contributed by atoms with Gasteiger partial charge in [-0.15, -0.1) is 0 Å². The lowest BCUT2D eigenvalue weighted by atomic mass is 10.3. The second-order valence-electron chi connectivity index (χ2n) is 4.69. The molecule has 0 atom stereocenters. The molecule has 0 fully saturated rings. The van der Waals surface area contributed by atoms with Crippen molar-refractivity contribution in [1.29, 1.82) is 0 Å². The van der Waals surface area contributed by atoms with E-state index in [1.54, 1.807) is 42.5 Å². The number of benzene rings is 2. The molecule has 0 radical (unpaired) electrons. The van der Waals surface area contributed by atoms with E-state index in [2.05, 4.69) is 21.2 Å². The van der Waals surface area contributed by atoms with Crippen LogP contribution in [0.15, 0.2) is 53.0 Å². The standard InChI is InChI=1S/C17H16BrNO5/c1-22-14-6-3-5-13(9-14)19-16(20)10-24-17(21)11-23-15-7-2-4-12(18)8-15/h2-9H,10-11H2,1H3,(H,19,20). The van der Waals surface area contributed by atoms with E-state index in [0.717, 1.165) is 4.47 Å². The summed E-state index contributed by atoms with van der Waals surface area (Å²) < 4.78 is 16.0. The highest BCUT2D eigenvalue weighted by molar-refractivity contribution is 9.10. The molecule has 0 aliphatic carbocycles. The molecule has 0 saturated carbocycles. The Morgan fingerprint density at radius 2 is 1.79 bits per heavy atom. The topological polar surface area (TPSA) is 73.9 Å². The van der Waals surface area contributed by atoms with Crippen molar-refractivity contribution in [3.05, 3.63) is 53.0 Å². The largest absolute Gasteiger partial charge is 0.497 e. The zero-order chi connectivity index (χ0) is 17.4. The third kappa shape index (κ3) is 5.92. The molecule has 1 amide bonds. The second-order valence-corrected chi connectivity index (χ2v) is 5.60. The number of hydrogen-bond donors (Lipinski definition) is 1. The Bertz CT molecular complexity index is 720. The second kappa shape index (κ2) is 8.93. The molecule has 0 aliphatic heterocycles. The van der Waals surface area contributed by atoms with Crippen LogP contribution in [0, 0.1) is 0 Å². The van der Waals surface area contributed by atoms with E-state index in [4.69, 9.17) is 14.2 Å². The van der Waals surface area contributed by atoms with Crippen LogP contribution in [0.4, 0.5) is 5.69 Å². The average molecular weight is 394 g/mol. The molecule has 6 nitrogen and oxygen atoms in total. The molecule has 2 aromatic carbocycles. The highest BCUT2D eigenvalue weighted by atomic mass is 79.9. The fourth-order valence-electron chi connectivity index (χ4n) is 1.78. The van der Waals surface area contributed by atoms with Crippen molar-refractivity contribution in [1.82, 2.24) is 0 Å². The summed E-state index contributed by atoms with van der Waals surface area (Å²) in [4.78, 5) is 23.4. The number of halogens is 1. The number of nitrogens with one attached hydrogen (secondary N) is 1. The smallest absolute Gasteiger partial charge is 0.344 e. The lowest BCUT2D eigenvalue weighted by Crippen LogP contribution is -2.23. The van der Waals surface area contributed by atoms with Crippen LogP contribution < -0.4 is 14.8 Å².